The number of fused-ring (bicyclic) bond motifs is 3. The molecular weight excluding hydrogens is 330 g/mol. The number of rotatable bonds is 3. The Bertz CT molecular complexity index is 817. The highest BCUT2D eigenvalue weighted by Gasteiger charge is 2.37. The number of nitrogens with zero attached hydrogens (tertiary/aromatic N) is 1. The van der Waals surface area contributed by atoms with Gasteiger partial charge in [-0.2, -0.15) is 0 Å². The van der Waals surface area contributed by atoms with Crippen molar-refractivity contribution < 1.29 is 4.79 Å². The van der Waals surface area contributed by atoms with E-state index in [0.29, 0.717) is 11.3 Å². The van der Waals surface area contributed by atoms with E-state index in [2.05, 4.69) is 42.0 Å². The van der Waals surface area contributed by atoms with Gasteiger partial charge >= 0.3 is 0 Å². The first kappa shape index (κ1) is 16.7. The standard InChI is InChI=1S/C20H27N3OS/c1-5-20(2,3)12-8-9-13-15(11-12)25-19-16(13)18(24)21-17(22-19)14-7-6-10-23(14)4/h6-7,10,12,17,22H,5,8-9,11H2,1-4H3,(H,21,24)/t12-,17-/m0/s1. The molecule has 2 aromatic rings. The second-order valence-electron chi connectivity index (χ2n) is 8.08. The molecule has 0 aromatic carbocycles. The number of carbonyl (C=O) groups excluding carboxylic acids is 1. The van der Waals surface area contributed by atoms with Crippen molar-refractivity contribution in [1.82, 2.24) is 9.88 Å². The predicted octanol–water partition coefficient (Wildman–Crippen LogP) is 4.48. The van der Waals surface area contributed by atoms with E-state index >= 15 is 0 Å². The SMILES string of the molecule is CCC(C)(C)[C@H]1CCc2c(sc3c2C(=O)N[C@H](c2cccn2C)N3)C1. The number of carbonyl (C=O) groups is 1. The molecule has 0 spiro atoms. The van der Waals surface area contributed by atoms with Gasteiger partial charge in [0.15, 0.2) is 0 Å². The van der Waals surface area contributed by atoms with Crippen molar-refractivity contribution >= 4 is 22.2 Å². The molecule has 0 bridgehead atoms. The fraction of sp³-hybridized carbons (Fsp3) is 0.550. The quantitative estimate of drug-likeness (QED) is 0.851. The molecule has 25 heavy (non-hydrogen) atoms. The van der Waals surface area contributed by atoms with Gasteiger partial charge in [-0.3, -0.25) is 4.79 Å². The number of amides is 1. The Morgan fingerprint density at radius 2 is 2.16 bits per heavy atom. The van der Waals surface area contributed by atoms with Crippen LogP contribution in [0.5, 0.6) is 0 Å². The van der Waals surface area contributed by atoms with Crippen LogP contribution in [-0.2, 0) is 19.9 Å². The largest absolute Gasteiger partial charge is 0.351 e. The zero-order valence-corrected chi connectivity index (χ0v) is 16.3. The zero-order chi connectivity index (χ0) is 17.8. The first-order chi connectivity index (χ1) is 11.9. The molecule has 0 unspecified atom stereocenters. The van der Waals surface area contributed by atoms with Gasteiger partial charge in [0, 0.05) is 18.1 Å². The van der Waals surface area contributed by atoms with Gasteiger partial charge in [0.1, 0.15) is 11.2 Å². The Morgan fingerprint density at radius 3 is 2.84 bits per heavy atom. The van der Waals surface area contributed by atoms with Crippen LogP contribution in [0.15, 0.2) is 18.3 Å². The van der Waals surface area contributed by atoms with Crippen molar-refractivity contribution in [3.05, 3.63) is 40.0 Å². The minimum atomic E-state index is -0.150. The van der Waals surface area contributed by atoms with Gasteiger partial charge in [0.2, 0.25) is 0 Å². The van der Waals surface area contributed by atoms with E-state index in [1.165, 1.54) is 23.3 Å². The fourth-order valence-corrected chi connectivity index (χ4v) is 5.53. The summed E-state index contributed by atoms with van der Waals surface area (Å²) in [5, 5.41) is 7.75. The van der Waals surface area contributed by atoms with Crippen LogP contribution in [0.3, 0.4) is 0 Å². The number of thiophene rings is 1. The number of aromatic nitrogens is 1. The summed E-state index contributed by atoms with van der Waals surface area (Å²) in [6, 6.07) is 4.06. The minimum Gasteiger partial charge on any atom is -0.351 e. The van der Waals surface area contributed by atoms with Crippen molar-refractivity contribution in [2.24, 2.45) is 18.4 Å². The fourth-order valence-electron chi connectivity index (χ4n) is 4.18. The Balaban J connectivity index is 1.65. The normalized spacial score (nSPS) is 22.8. The summed E-state index contributed by atoms with van der Waals surface area (Å²) in [5.41, 5.74) is 3.63. The van der Waals surface area contributed by atoms with Crippen LogP contribution < -0.4 is 10.6 Å². The van der Waals surface area contributed by atoms with Crippen LogP contribution in [0.4, 0.5) is 5.00 Å². The molecule has 4 rings (SSSR count). The third-order valence-electron chi connectivity index (χ3n) is 6.34. The molecule has 0 fully saturated rings. The first-order valence-electron chi connectivity index (χ1n) is 9.24. The maximum Gasteiger partial charge on any atom is 0.256 e. The zero-order valence-electron chi connectivity index (χ0n) is 15.5. The molecule has 4 nitrogen and oxygen atoms in total. The van der Waals surface area contributed by atoms with Crippen LogP contribution in [0.1, 0.15) is 66.3 Å². The summed E-state index contributed by atoms with van der Waals surface area (Å²) < 4.78 is 2.05. The summed E-state index contributed by atoms with van der Waals surface area (Å²) in [5.74, 6) is 0.780. The highest BCUT2D eigenvalue weighted by Crippen LogP contribution is 2.46. The van der Waals surface area contributed by atoms with Crippen molar-refractivity contribution in [3.63, 3.8) is 0 Å². The lowest BCUT2D eigenvalue weighted by atomic mass is 9.69. The maximum atomic E-state index is 12.8. The Kier molecular flexibility index (Phi) is 3.95. The van der Waals surface area contributed by atoms with Gasteiger partial charge in [-0.15, -0.1) is 11.3 Å². The summed E-state index contributed by atoms with van der Waals surface area (Å²) in [6.45, 7) is 7.05. The van der Waals surface area contributed by atoms with Crippen molar-refractivity contribution in [2.45, 2.75) is 52.6 Å². The van der Waals surface area contributed by atoms with Crippen molar-refractivity contribution in [3.8, 4) is 0 Å². The molecule has 1 aliphatic carbocycles. The Morgan fingerprint density at radius 1 is 1.36 bits per heavy atom. The van der Waals surface area contributed by atoms with Crippen LogP contribution in [-0.4, -0.2) is 10.5 Å². The smallest absolute Gasteiger partial charge is 0.256 e. The van der Waals surface area contributed by atoms with Gasteiger partial charge in [0.25, 0.3) is 5.91 Å². The number of anilines is 1. The molecule has 2 aliphatic rings. The topological polar surface area (TPSA) is 46.1 Å². The number of hydrogen-bond acceptors (Lipinski definition) is 3. The molecule has 1 amide bonds. The minimum absolute atomic E-state index is 0.0747. The van der Waals surface area contributed by atoms with Gasteiger partial charge in [-0.05, 0) is 48.3 Å². The van der Waals surface area contributed by atoms with Crippen molar-refractivity contribution in [2.75, 3.05) is 5.32 Å². The van der Waals surface area contributed by atoms with E-state index in [-0.39, 0.29) is 12.1 Å². The van der Waals surface area contributed by atoms with E-state index in [1.54, 1.807) is 11.3 Å². The summed E-state index contributed by atoms with van der Waals surface area (Å²) in [4.78, 5) is 14.2. The highest BCUT2D eigenvalue weighted by molar-refractivity contribution is 7.16. The molecule has 134 valence electrons. The average molecular weight is 358 g/mol. The predicted molar refractivity (Wildman–Crippen MR) is 103 cm³/mol. The Labute approximate surface area is 153 Å². The van der Waals surface area contributed by atoms with Gasteiger partial charge < -0.3 is 15.2 Å². The van der Waals surface area contributed by atoms with E-state index in [1.807, 2.05) is 19.3 Å². The molecule has 2 aromatic heterocycles. The highest BCUT2D eigenvalue weighted by atomic mass is 32.1. The second-order valence-corrected chi connectivity index (χ2v) is 9.19. The summed E-state index contributed by atoms with van der Waals surface area (Å²) in [6.07, 6.45) is 6.38. The molecular formula is C20H27N3OS. The van der Waals surface area contributed by atoms with Crippen LogP contribution in [0.25, 0.3) is 0 Å². The third-order valence-corrected chi connectivity index (χ3v) is 7.52. The lowest BCUT2D eigenvalue weighted by Gasteiger charge is -2.36. The van der Waals surface area contributed by atoms with Gasteiger partial charge in [0.05, 0.1) is 11.3 Å². The Hall–Kier alpha value is -1.75. The maximum absolute atomic E-state index is 12.8. The summed E-state index contributed by atoms with van der Waals surface area (Å²) in [7, 11) is 2.01. The third kappa shape index (κ3) is 2.69. The van der Waals surface area contributed by atoms with Gasteiger partial charge in [-0.25, -0.2) is 0 Å². The average Bonchev–Trinajstić information content (AvgIpc) is 3.17. The molecule has 5 heteroatoms. The lowest BCUT2D eigenvalue weighted by molar-refractivity contribution is 0.0933. The summed E-state index contributed by atoms with van der Waals surface area (Å²) >= 11 is 1.80. The number of aryl methyl sites for hydroxylation is 1. The monoisotopic (exact) mass is 357 g/mol. The first-order valence-corrected chi connectivity index (χ1v) is 10.1. The van der Waals surface area contributed by atoms with Gasteiger partial charge in [-0.1, -0.05) is 27.2 Å². The molecule has 1 aliphatic heterocycles. The van der Waals surface area contributed by atoms with Crippen LogP contribution in [0, 0.1) is 11.3 Å². The lowest BCUT2D eigenvalue weighted by Crippen LogP contribution is -2.39. The van der Waals surface area contributed by atoms with E-state index < -0.39 is 0 Å². The van der Waals surface area contributed by atoms with Crippen LogP contribution >= 0.6 is 11.3 Å². The van der Waals surface area contributed by atoms with E-state index in [4.69, 9.17) is 0 Å². The molecule has 2 atom stereocenters. The molecule has 2 N–H and O–H groups in total. The molecule has 0 saturated heterocycles. The van der Waals surface area contributed by atoms with E-state index in [0.717, 1.165) is 29.1 Å². The van der Waals surface area contributed by atoms with Crippen molar-refractivity contribution in [1.29, 1.82) is 0 Å². The molecule has 0 saturated carbocycles. The number of hydrogen-bond donors (Lipinski definition) is 2. The number of nitrogens with one attached hydrogen (secondary N) is 2. The van der Waals surface area contributed by atoms with E-state index in [9.17, 15) is 4.79 Å². The molecule has 3 heterocycles. The van der Waals surface area contributed by atoms with Crippen LogP contribution in [0.2, 0.25) is 0 Å². The second kappa shape index (κ2) is 5.90. The molecule has 0 radical (unpaired) electrons.